The summed E-state index contributed by atoms with van der Waals surface area (Å²) < 4.78 is 5.21. The molecule has 1 saturated heterocycles. The summed E-state index contributed by atoms with van der Waals surface area (Å²) in [6.07, 6.45) is 0. The van der Waals surface area contributed by atoms with Gasteiger partial charge in [0, 0.05) is 39.3 Å². The van der Waals surface area contributed by atoms with Crippen LogP contribution in [-0.4, -0.2) is 43.1 Å². The molecule has 4 nitrogen and oxygen atoms in total. The van der Waals surface area contributed by atoms with Crippen LogP contribution < -0.4 is 4.74 Å². The van der Waals surface area contributed by atoms with Crippen molar-refractivity contribution in [2.75, 3.05) is 33.3 Å². The highest BCUT2D eigenvalue weighted by Crippen LogP contribution is 2.20. The molecule has 1 aliphatic heterocycles. The van der Waals surface area contributed by atoms with Gasteiger partial charge in [-0.2, -0.15) is 5.26 Å². The number of hydrogen-bond donors (Lipinski definition) is 0. The third-order valence-corrected chi connectivity index (χ3v) is 4.50. The Bertz CT molecular complexity index is 701. The summed E-state index contributed by atoms with van der Waals surface area (Å²) in [5.41, 5.74) is 3.15. The second kappa shape index (κ2) is 7.96. The second-order valence-electron chi connectivity index (χ2n) is 6.18. The zero-order chi connectivity index (χ0) is 16.8. The molecule has 24 heavy (non-hydrogen) atoms. The van der Waals surface area contributed by atoms with E-state index in [0.29, 0.717) is 11.3 Å². The van der Waals surface area contributed by atoms with E-state index in [1.54, 1.807) is 7.11 Å². The Balaban J connectivity index is 1.53. The lowest BCUT2D eigenvalue weighted by atomic mass is 10.1. The minimum Gasteiger partial charge on any atom is -0.495 e. The van der Waals surface area contributed by atoms with Gasteiger partial charge in [-0.05, 0) is 23.3 Å². The van der Waals surface area contributed by atoms with Gasteiger partial charge in [-0.1, -0.05) is 36.4 Å². The second-order valence-corrected chi connectivity index (χ2v) is 6.18. The van der Waals surface area contributed by atoms with Gasteiger partial charge in [0.15, 0.2) is 0 Å². The minimum absolute atomic E-state index is 0.609. The number of nitrogens with zero attached hydrogens (tertiary/aromatic N) is 3. The predicted molar refractivity (Wildman–Crippen MR) is 94.7 cm³/mol. The highest BCUT2D eigenvalue weighted by molar-refractivity contribution is 5.45. The minimum atomic E-state index is 0.609. The molecule has 0 radical (unpaired) electrons. The number of nitriles is 1. The molecular weight excluding hydrogens is 298 g/mol. The first-order valence-electron chi connectivity index (χ1n) is 8.34. The standard InChI is InChI=1S/C20H23N3O/c1-24-20-8-7-18(13-19(20)14-21)16-23-11-9-22(10-12-23)15-17-5-3-2-4-6-17/h2-8,13H,9-12,15-16H2,1H3. The molecule has 0 saturated carbocycles. The summed E-state index contributed by atoms with van der Waals surface area (Å²) >= 11 is 0. The molecule has 0 aliphatic carbocycles. The highest BCUT2D eigenvalue weighted by atomic mass is 16.5. The average molecular weight is 321 g/mol. The molecule has 0 unspecified atom stereocenters. The lowest BCUT2D eigenvalue weighted by Gasteiger charge is -2.34. The van der Waals surface area contributed by atoms with Gasteiger partial charge in [-0.15, -0.1) is 0 Å². The molecule has 0 amide bonds. The Labute approximate surface area is 143 Å². The van der Waals surface area contributed by atoms with Gasteiger partial charge in [0.1, 0.15) is 11.8 Å². The number of piperazine rings is 1. The number of benzene rings is 2. The molecule has 0 aromatic heterocycles. The number of methoxy groups -OCH3 is 1. The van der Waals surface area contributed by atoms with E-state index in [9.17, 15) is 5.26 Å². The van der Waals surface area contributed by atoms with E-state index in [2.05, 4.69) is 52.3 Å². The zero-order valence-corrected chi connectivity index (χ0v) is 14.1. The van der Waals surface area contributed by atoms with Crippen molar-refractivity contribution in [2.24, 2.45) is 0 Å². The fourth-order valence-electron chi connectivity index (χ4n) is 3.15. The van der Waals surface area contributed by atoms with Crippen LogP contribution in [0.15, 0.2) is 48.5 Å². The first kappa shape index (κ1) is 16.5. The van der Waals surface area contributed by atoms with Crippen molar-refractivity contribution in [1.82, 2.24) is 9.80 Å². The first-order chi connectivity index (χ1) is 11.8. The van der Waals surface area contributed by atoms with Gasteiger partial charge < -0.3 is 4.74 Å². The van der Waals surface area contributed by atoms with Crippen LogP contribution in [0.25, 0.3) is 0 Å². The topological polar surface area (TPSA) is 39.5 Å². The van der Waals surface area contributed by atoms with Gasteiger partial charge in [-0.3, -0.25) is 9.80 Å². The molecule has 0 N–H and O–H groups in total. The van der Waals surface area contributed by atoms with E-state index in [0.717, 1.165) is 39.3 Å². The molecule has 1 fully saturated rings. The SMILES string of the molecule is COc1ccc(CN2CCN(Cc3ccccc3)CC2)cc1C#N. The molecule has 0 bridgehead atoms. The maximum absolute atomic E-state index is 9.20. The van der Waals surface area contributed by atoms with Crippen molar-refractivity contribution in [1.29, 1.82) is 5.26 Å². The number of hydrogen-bond acceptors (Lipinski definition) is 4. The van der Waals surface area contributed by atoms with Crippen molar-refractivity contribution in [3.05, 3.63) is 65.2 Å². The van der Waals surface area contributed by atoms with E-state index < -0.39 is 0 Å². The molecule has 124 valence electrons. The largest absolute Gasteiger partial charge is 0.495 e. The lowest BCUT2D eigenvalue weighted by Crippen LogP contribution is -2.45. The fraction of sp³-hybridized carbons (Fsp3) is 0.350. The van der Waals surface area contributed by atoms with E-state index in [1.165, 1.54) is 11.1 Å². The van der Waals surface area contributed by atoms with Crippen LogP contribution in [0.1, 0.15) is 16.7 Å². The Morgan fingerprint density at radius 1 is 0.917 bits per heavy atom. The van der Waals surface area contributed by atoms with Crippen molar-refractivity contribution in [3.8, 4) is 11.8 Å². The monoisotopic (exact) mass is 321 g/mol. The molecule has 3 rings (SSSR count). The Morgan fingerprint density at radius 3 is 2.12 bits per heavy atom. The normalized spacial score (nSPS) is 15.8. The fourth-order valence-corrected chi connectivity index (χ4v) is 3.15. The van der Waals surface area contributed by atoms with Crippen molar-refractivity contribution < 1.29 is 4.74 Å². The van der Waals surface area contributed by atoms with Crippen molar-refractivity contribution in [2.45, 2.75) is 13.1 Å². The smallest absolute Gasteiger partial charge is 0.136 e. The summed E-state index contributed by atoms with van der Waals surface area (Å²) in [5, 5.41) is 9.20. The Kier molecular flexibility index (Phi) is 5.47. The maximum atomic E-state index is 9.20. The van der Waals surface area contributed by atoms with Crippen LogP contribution >= 0.6 is 0 Å². The number of rotatable bonds is 5. The molecular formula is C20H23N3O. The quantitative estimate of drug-likeness (QED) is 0.849. The van der Waals surface area contributed by atoms with Crippen LogP contribution in [0.5, 0.6) is 5.75 Å². The average Bonchev–Trinajstić information content (AvgIpc) is 2.64. The molecule has 0 spiro atoms. The van der Waals surface area contributed by atoms with E-state index in [-0.39, 0.29) is 0 Å². The highest BCUT2D eigenvalue weighted by Gasteiger charge is 2.17. The van der Waals surface area contributed by atoms with Gasteiger partial charge in [-0.25, -0.2) is 0 Å². The van der Waals surface area contributed by atoms with Crippen molar-refractivity contribution >= 4 is 0 Å². The summed E-state index contributed by atoms with van der Waals surface area (Å²) in [5.74, 6) is 0.647. The molecule has 2 aromatic carbocycles. The van der Waals surface area contributed by atoms with Crippen LogP contribution in [0, 0.1) is 11.3 Å². The third-order valence-electron chi connectivity index (χ3n) is 4.50. The molecule has 0 atom stereocenters. The third kappa shape index (κ3) is 4.14. The van der Waals surface area contributed by atoms with E-state index in [4.69, 9.17) is 4.74 Å². The number of ether oxygens (including phenoxy) is 1. The molecule has 2 aromatic rings. The van der Waals surface area contributed by atoms with Gasteiger partial charge in [0.05, 0.1) is 12.7 Å². The summed E-state index contributed by atoms with van der Waals surface area (Å²) in [4.78, 5) is 4.95. The molecule has 1 aliphatic rings. The van der Waals surface area contributed by atoms with Gasteiger partial charge in [0.25, 0.3) is 0 Å². The molecule has 4 heteroatoms. The zero-order valence-electron chi connectivity index (χ0n) is 14.1. The van der Waals surface area contributed by atoms with Crippen LogP contribution in [-0.2, 0) is 13.1 Å². The predicted octanol–water partition coefficient (Wildman–Crippen LogP) is 2.88. The Morgan fingerprint density at radius 2 is 1.54 bits per heavy atom. The van der Waals surface area contributed by atoms with E-state index >= 15 is 0 Å². The lowest BCUT2D eigenvalue weighted by molar-refractivity contribution is 0.122. The summed E-state index contributed by atoms with van der Waals surface area (Å²) in [6.45, 7) is 6.18. The molecule has 1 heterocycles. The maximum Gasteiger partial charge on any atom is 0.136 e. The van der Waals surface area contributed by atoms with E-state index in [1.807, 2.05) is 12.1 Å². The van der Waals surface area contributed by atoms with Crippen LogP contribution in [0.3, 0.4) is 0 Å². The van der Waals surface area contributed by atoms with Crippen molar-refractivity contribution in [3.63, 3.8) is 0 Å². The first-order valence-corrected chi connectivity index (χ1v) is 8.34. The van der Waals surface area contributed by atoms with Gasteiger partial charge in [0.2, 0.25) is 0 Å². The van der Waals surface area contributed by atoms with Crippen LogP contribution in [0.2, 0.25) is 0 Å². The Hall–Kier alpha value is -2.35. The summed E-state index contributed by atoms with van der Waals surface area (Å²) in [7, 11) is 1.60. The van der Waals surface area contributed by atoms with Gasteiger partial charge >= 0.3 is 0 Å². The summed E-state index contributed by atoms with van der Waals surface area (Å²) in [6, 6.07) is 18.7. The van der Waals surface area contributed by atoms with Crippen LogP contribution in [0.4, 0.5) is 0 Å².